The molecule has 2 aliphatic rings. The first-order valence-electron chi connectivity index (χ1n) is 9.83. The average molecular weight is 374 g/mol. The van der Waals surface area contributed by atoms with Gasteiger partial charge in [-0.05, 0) is 29.7 Å². The highest BCUT2D eigenvalue weighted by molar-refractivity contribution is 5.73. The summed E-state index contributed by atoms with van der Waals surface area (Å²) in [6.07, 6.45) is 0. The van der Waals surface area contributed by atoms with Gasteiger partial charge in [-0.1, -0.05) is 48.2 Å². The SMILES string of the molecule is CC(=O)N1CC2CN(Cc3ccccc3C#Cc3ccccc3)CC2(CO)C1. The lowest BCUT2D eigenvalue weighted by molar-refractivity contribution is -0.128. The molecular formula is C24H26N2O2. The van der Waals surface area contributed by atoms with Crippen molar-refractivity contribution in [3.05, 3.63) is 71.3 Å². The second-order valence-corrected chi connectivity index (χ2v) is 8.06. The molecule has 28 heavy (non-hydrogen) atoms. The van der Waals surface area contributed by atoms with Crippen LogP contribution < -0.4 is 0 Å². The number of amides is 1. The van der Waals surface area contributed by atoms with Crippen molar-refractivity contribution in [2.45, 2.75) is 13.5 Å². The van der Waals surface area contributed by atoms with Gasteiger partial charge < -0.3 is 10.0 Å². The highest BCUT2D eigenvalue weighted by atomic mass is 16.3. The fraction of sp³-hybridized carbons (Fsp3) is 0.375. The van der Waals surface area contributed by atoms with E-state index in [0.29, 0.717) is 12.5 Å². The van der Waals surface area contributed by atoms with Gasteiger partial charge in [-0.3, -0.25) is 9.69 Å². The number of carbonyl (C=O) groups excluding carboxylic acids is 1. The molecule has 1 N–H and O–H groups in total. The van der Waals surface area contributed by atoms with Crippen LogP contribution in [0.2, 0.25) is 0 Å². The molecule has 2 aromatic carbocycles. The quantitative estimate of drug-likeness (QED) is 0.839. The summed E-state index contributed by atoms with van der Waals surface area (Å²) in [6.45, 7) is 5.71. The van der Waals surface area contributed by atoms with Crippen LogP contribution in [0.3, 0.4) is 0 Å². The van der Waals surface area contributed by atoms with Crippen molar-refractivity contribution in [2.24, 2.45) is 11.3 Å². The van der Waals surface area contributed by atoms with E-state index in [1.165, 1.54) is 5.56 Å². The molecule has 2 saturated heterocycles. The Morgan fingerprint density at radius 3 is 2.54 bits per heavy atom. The Balaban J connectivity index is 1.49. The number of likely N-dealkylation sites (tertiary alicyclic amines) is 2. The zero-order valence-electron chi connectivity index (χ0n) is 16.3. The van der Waals surface area contributed by atoms with Crippen LogP contribution in [-0.4, -0.2) is 53.6 Å². The maximum absolute atomic E-state index is 11.8. The molecule has 0 aromatic heterocycles. The zero-order chi connectivity index (χ0) is 19.6. The Kier molecular flexibility index (Phi) is 5.21. The Morgan fingerprint density at radius 1 is 1.07 bits per heavy atom. The van der Waals surface area contributed by atoms with Gasteiger partial charge >= 0.3 is 0 Å². The van der Waals surface area contributed by atoms with Gasteiger partial charge in [0, 0.05) is 56.2 Å². The standard InChI is InChI=1S/C24H26N2O2/c1-19(28)26-15-23-14-25(16-24(23,17-26)18-27)13-22-10-6-5-9-21(22)12-11-20-7-3-2-4-8-20/h2-10,23,27H,13-18H2,1H3. The van der Waals surface area contributed by atoms with Crippen molar-refractivity contribution in [2.75, 3.05) is 32.8 Å². The summed E-state index contributed by atoms with van der Waals surface area (Å²) in [7, 11) is 0. The summed E-state index contributed by atoms with van der Waals surface area (Å²) in [4.78, 5) is 16.0. The first-order chi connectivity index (χ1) is 13.6. The molecule has 2 unspecified atom stereocenters. The van der Waals surface area contributed by atoms with Crippen LogP contribution in [0.25, 0.3) is 0 Å². The molecule has 4 rings (SSSR count). The van der Waals surface area contributed by atoms with Crippen LogP contribution in [0.4, 0.5) is 0 Å². The number of aliphatic hydroxyl groups excluding tert-OH is 1. The molecule has 0 spiro atoms. The van der Waals surface area contributed by atoms with Crippen LogP contribution in [0.1, 0.15) is 23.6 Å². The first kappa shape index (κ1) is 18.7. The second-order valence-electron chi connectivity index (χ2n) is 8.06. The van der Waals surface area contributed by atoms with Crippen LogP contribution in [-0.2, 0) is 11.3 Å². The predicted molar refractivity (Wildman–Crippen MR) is 109 cm³/mol. The largest absolute Gasteiger partial charge is 0.396 e. The fourth-order valence-electron chi connectivity index (χ4n) is 4.56. The van der Waals surface area contributed by atoms with Crippen LogP contribution in [0.15, 0.2) is 54.6 Å². The van der Waals surface area contributed by atoms with Gasteiger partial charge in [-0.25, -0.2) is 0 Å². The smallest absolute Gasteiger partial charge is 0.219 e. The summed E-state index contributed by atoms with van der Waals surface area (Å²) in [5, 5.41) is 10.1. The normalized spacial score (nSPS) is 23.9. The Morgan fingerprint density at radius 2 is 1.82 bits per heavy atom. The average Bonchev–Trinajstić information content (AvgIpc) is 3.22. The van der Waals surface area contributed by atoms with Gasteiger partial charge in [0.2, 0.25) is 5.91 Å². The lowest BCUT2D eigenvalue weighted by atomic mass is 9.82. The second kappa shape index (κ2) is 7.79. The van der Waals surface area contributed by atoms with E-state index >= 15 is 0 Å². The number of aliphatic hydroxyl groups is 1. The molecule has 1 amide bonds. The highest BCUT2D eigenvalue weighted by Crippen LogP contribution is 2.42. The molecule has 0 radical (unpaired) electrons. The molecule has 2 fully saturated rings. The minimum atomic E-state index is -0.184. The lowest BCUT2D eigenvalue weighted by Crippen LogP contribution is -2.38. The third-order valence-corrected chi connectivity index (χ3v) is 6.12. The van der Waals surface area contributed by atoms with E-state index in [2.05, 4.69) is 34.9 Å². The third-order valence-electron chi connectivity index (χ3n) is 6.12. The Labute approximate surface area is 166 Å². The molecule has 4 nitrogen and oxygen atoms in total. The maximum atomic E-state index is 11.8. The molecule has 2 atom stereocenters. The van der Waals surface area contributed by atoms with Gasteiger partial charge in [-0.2, -0.15) is 0 Å². The van der Waals surface area contributed by atoms with E-state index in [1.807, 2.05) is 41.3 Å². The van der Waals surface area contributed by atoms with Crippen LogP contribution in [0.5, 0.6) is 0 Å². The zero-order valence-corrected chi connectivity index (χ0v) is 16.3. The number of benzene rings is 2. The number of nitrogens with zero attached hydrogens (tertiary/aromatic N) is 2. The Hall–Kier alpha value is -2.61. The van der Waals surface area contributed by atoms with Gasteiger partial charge in [0.1, 0.15) is 0 Å². The third kappa shape index (κ3) is 3.69. The number of hydrogen-bond acceptors (Lipinski definition) is 3. The van der Waals surface area contributed by atoms with E-state index in [1.54, 1.807) is 6.92 Å². The topological polar surface area (TPSA) is 43.8 Å². The van der Waals surface area contributed by atoms with Gasteiger partial charge in [0.25, 0.3) is 0 Å². The van der Waals surface area contributed by atoms with E-state index in [4.69, 9.17) is 0 Å². The monoisotopic (exact) mass is 374 g/mol. The highest BCUT2D eigenvalue weighted by Gasteiger charge is 2.52. The minimum Gasteiger partial charge on any atom is -0.396 e. The molecule has 2 aliphatic heterocycles. The fourth-order valence-corrected chi connectivity index (χ4v) is 4.56. The van der Waals surface area contributed by atoms with Gasteiger partial charge in [-0.15, -0.1) is 0 Å². The summed E-state index contributed by atoms with van der Waals surface area (Å²) in [5.41, 5.74) is 3.09. The molecule has 0 aliphatic carbocycles. The summed E-state index contributed by atoms with van der Waals surface area (Å²) in [5.74, 6) is 7.01. The maximum Gasteiger partial charge on any atom is 0.219 e. The summed E-state index contributed by atoms with van der Waals surface area (Å²) >= 11 is 0. The number of hydrogen-bond donors (Lipinski definition) is 1. The van der Waals surface area contributed by atoms with Crippen LogP contribution >= 0.6 is 0 Å². The van der Waals surface area contributed by atoms with E-state index < -0.39 is 0 Å². The van der Waals surface area contributed by atoms with Gasteiger partial charge in [0.15, 0.2) is 0 Å². The van der Waals surface area contributed by atoms with Gasteiger partial charge in [0.05, 0.1) is 6.61 Å². The molecule has 0 saturated carbocycles. The van der Waals surface area contributed by atoms with Crippen molar-refractivity contribution in [1.82, 2.24) is 9.80 Å². The van der Waals surface area contributed by atoms with E-state index in [0.717, 1.165) is 37.3 Å². The number of rotatable bonds is 3. The summed E-state index contributed by atoms with van der Waals surface area (Å²) < 4.78 is 0. The number of fused-ring (bicyclic) bond motifs is 1. The minimum absolute atomic E-state index is 0.107. The van der Waals surface area contributed by atoms with Crippen LogP contribution in [0, 0.1) is 23.2 Å². The Bertz CT molecular complexity index is 915. The molecule has 2 heterocycles. The molecule has 4 heteroatoms. The lowest BCUT2D eigenvalue weighted by Gasteiger charge is -2.27. The van der Waals surface area contributed by atoms with Crippen molar-refractivity contribution in [3.63, 3.8) is 0 Å². The van der Waals surface area contributed by atoms with Crippen molar-refractivity contribution >= 4 is 5.91 Å². The molecule has 144 valence electrons. The molecule has 2 aromatic rings. The number of carbonyl (C=O) groups is 1. The first-order valence-corrected chi connectivity index (χ1v) is 9.83. The summed E-state index contributed by atoms with van der Waals surface area (Å²) in [6, 6.07) is 18.3. The van der Waals surface area contributed by atoms with Crippen molar-refractivity contribution in [1.29, 1.82) is 0 Å². The molecular weight excluding hydrogens is 348 g/mol. The van der Waals surface area contributed by atoms with E-state index in [-0.39, 0.29) is 17.9 Å². The molecule has 0 bridgehead atoms. The van der Waals surface area contributed by atoms with Crippen molar-refractivity contribution in [3.8, 4) is 11.8 Å². The predicted octanol–water partition coefficient (Wildman–Crippen LogP) is 2.36. The van der Waals surface area contributed by atoms with E-state index in [9.17, 15) is 9.90 Å². The van der Waals surface area contributed by atoms with Crippen molar-refractivity contribution < 1.29 is 9.90 Å².